The van der Waals surface area contributed by atoms with Gasteiger partial charge in [-0.25, -0.2) is 4.39 Å². The Morgan fingerprint density at radius 3 is 2.53 bits per heavy atom. The molecule has 19 heavy (non-hydrogen) atoms. The molecule has 0 aliphatic rings. The van der Waals surface area contributed by atoms with Gasteiger partial charge in [0.15, 0.2) is 11.6 Å². The predicted molar refractivity (Wildman–Crippen MR) is 75.2 cm³/mol. The summed E-state index contributed by atoms with van der Waals surface area (Å²) in [5.74, 6) is -2.08. The average molecular weight is 325 g/mol. The number of hydrogen-bond donors (Lipinski definition) is 0. The summed E-state index contributed by atoms with van der Waals surface area (Å²) in [7, 11) is 1.29. The summed E-state index contributed by atoms with van der Waals surface area (Å²) in [5, 5.41) is 0. The van der Waals surface area contributed by atoms with E-state index in [2.05, 4.69) is 22.5 Å². The van der Waals surface area contributed by atoms with Gasteiger partial charge < -0.3 is 4.74 Å². The topological polar surface area (TPSA) is 9.23 Å². The van der Waals surface area contributed by atoms with Crippen molar-refractivity contribution in [2.45, 2.75) is 0 Å². The van der Waals surface area contributed by atoms with Crippen molar-refractivity contribution < 1.29 is 13.5 Å². The van der Waals surface area contributed by atoms with E-state index >= 15 is 0 Å². The first-order valence-electron chi connectivity index (χ1n) is 5.51. The SMILES string of the molecule is C=C(c1cccc(Br)c1)c1ccc(OC)c(F)c1F. The highest BCUT2D eigenvalue weighted by Gasteiger charge is 2.16. The van der Waals surface area contributed by atoms with E-state index in [4.69, 9.17) is 4.74 Å². The number of benzene rings is 2. The van der Waals surface area contributed by atoms with Crippen LogP contribution in [0.25, 0.3) is 5.57 Å². The van der Waals surface area contributed by atoms with Gasteiger partial charge in [0.25, 0.3) is 0 Å². The first-order chi connectivity index (χ1) is 9.04. The average Bonchev–Trinajstić information content (AvgIpc) is 2.41. The summed E-state index contributed by atoms with van der Waals surface area (Å²) in [4.78, 5) is 0. The molecule has 0 aliphatic carbocycles. The second-order valence-corrected chi connectivity index (χ2v) is 4.85. The number of methoxy groups -OCH3 is 1. The first kappa shape index (κ1) is 13.7. The highest BCUT2D eigenvalue weighted by Crippen LogP contribution is 2.30. The summed E-state index contributed by atoms with van der Waals surface area (Å²) in [5.41, 5.74) is 1.26. The fraction of sp³-hybridized carbons (Fsp3) is 0.0667. The van der Waals surface area contributed by atoms with Gasteiger partial charge in [0.2, 0.25) is 5.82 Å². The molecule has 0 amide bonds. The minimum Gasteiger partial charge on any atom is -0.494 e. The quantitative estimate of drug-likeness (QED) is 0.788. The van der Waals surface area contributed by atoms with Gasteiger partial charge in [0.05, 0.1) is 7.11 Å². The zero-order valence-corrected chi connectivity index (χ0v) is 11.8. The molecule has 0 saturated heterocycles. The zero-order valence-electron chi connectivity index (χ0n) is 10.2. The fourth-order valence-electron chi connectivity index (χ4n) is 1.75. The van der Waals surface area contributed by atoms with E-state index < -0.39 is 11.6 Å². The molecule has 0 spiro atoms. The smallest absolute Gasteiger partial charge is 0.201 e. The third-order valence-corrected chi connectivity index (χ3v) is 3.26. The molecule has 0 radical (unpaired) electrons. The molecule has 0 N–H and O–H groups in total. The van der Waals surface area contributed by atoms with Crippen LogP contribution < -0.4 is 4.74 Å². The van der Waals surface area contributed by atoms with Crippen molar-refractivity contribution in [3.63, 3.8) is 0 Å². The van der Waals surface area contributed by atoms with Gasteiger partial charge in [-0.2, -0.15) is 4.39 Å². The van der Waals surface area contributed by atoms with Crippen LogP contribution >= 0.6 is 15.9 Å². The van der Waals surface area contributed by atoms with Gasteiger partial charge in [-0.3, -0.25) is 0 Å². The van der Waals surface area contributed by atoms with E-state index in [1.807, 2.05) is 12.1 Å². The third kappa shape index (κ3) is 2.68. The maximum atomic E-state index is 14.0. The van der Waals surface area contributed by atoms with Gasteiger partial charge in [0, 0.05) is 10.0 Å². The van der Waals surface area contributed by atoms with Crippen molar-refractivity contribution in [1.82, 2.24) is 0 Å². The molecule has 0 fully saturated rings. The van der Waals surface area contributed by atoms with Crippen LogP contribution in [0.5, 0.6) is 5.75 Å². The highest BCUT2D eigenvalue weighted by atomic mass is 79.9. The number of halogens is 3. The minimum absolute atomic E-state index is 0.122. The second kappa shape index (κ2) is 5.53. The molecule has 0 unspecified atom stereocenters. The standard InChI is InChI=1S/C15H11BrF2O/c1-9(10-4-3-5-11(16)8-10)12-6-7-13(19-2)15(18)14(12)17/h3-8H,1H2,2H3. The van der Waals surface area contributed by atoms with Crippen molar-refractivity contribution in [3.8, 4) is 5.75 Å². The Morgan fingerprint density at radius 1 is 1.16 bits per heavy atom. The summed E-state index contributed by atoms with van der Waals surface area (Å²) < 4.78 is 33.2. The van der Waals surface area contributed by atoms with Crippen LogP contribution in [0.4, 0.5) is 8.78 Å². The Balaban J connectivity index is 2.48. The molecule has 2 aromatic rings. The molecule has 0 saturated carbocycles. The Hall–Kier alpha value is -1.68. The Labute approximate surface area is 118 Å². The lowest BCUT2D eigenvalue weighted by Crippen LogP contribution is -1.98. The molecule has 0 aromatic heterocycles. The predicted octanol–water partition coefficient (Wildman–Crippen LogP) is 4.80. The van der Waals surface area contributed by atoms with E-state index in [1.165, 1.54) is 19.2 Å². The Morgan fingerprint density at radius 2 is 1.89 bits per heavy atom. The molecule has 2 rings (SSSR count). The molecular formula is C15H11BrF2O. The lowest BCUT2D eigenvalue weighted by molar-refractivity contribution is 0.371. The van der Waals surface area contributed by atoms with Gasteiger partial charge in [-0.05, 0) is 35.4 Å². The lowest BCUT2D eigenvalue weighted by Gasteiger charge is -2.10. The van der Waals surface area contributed by atoms with Crippen LogP contribution in [-0.4, -0.2) is 7.11 Å². The minimum atomic E-state index is -1.00. The Kier molecular flexibility index (Phi) is 4.00. The van der Waals surface area contributed by atoms with Crippen LogP contribution in [0, 0.1) is 11.6 Å². The molecule has 0 heterocycles. The van der Waals surface area contributed by atoms with Crippen molar-refractivity contribution in [2.24, 2.45) is 0 Å². The van der Waals surface area contributed by atoms with Crippen molar-refractivity contribution in [3.05, 3.63) is 70.2 Å². The van der Waals surface area contributed by atoms with Crippen LogP contribution in [0.3, 0.4) is 0 Å². The van der Waals surface area contributed by atoms with Crippen molar-refractivity contribution >= 4 is 21.5 Å². The van der Waals surface area contributed by atoms with E-state index in [0.717, 1.165) is 10.0 Å². The number of hydrogen-bond acceptors (Lipinski definition) is 1. The van der Waals surface area contributed by atoms with Crippen molar-refractivity contribution in [2.75, 3.05) is 7.11 Å². The summed E-state index contributed by atoms with van der Waals surface area (Å²) in [6.07, 6.45) is 0. The maximum Gasteiger partial charge on any atom is 0.201 e. The number of rotatable bonds is 3. The molecule has 1 nitrogen and oxygen atoms in total. The Bertz CT molecular complexity index is 638. The van der Waals surface area contributed by atoms with E-state index in [1.54, 1.807) is 12.1 Å². The van der Waals surface area contributed by atoms with Crippen molar-refractivity contribution in [1.29, 1.82) is 0 Å². The summed E-state index contributed by atoms with van der Waals surface area (Å²) >= 11 is 3.33. The number of ether oxygens (including phenoxy) is 1. The molecule has 0 aliphatic heterocycles. The molecule has 0 atom stereocenters. The molecular weight excluding hydrogens is 314 g/mol. The summed E-state index contributed by atoms with van der Waals surface area (Å²) in [6, 6.07) is 10.1. The van der Waals surface area contributed by atoms with E-state index in [-0.39, 0.29) is 11.3 Å². The second-order valence-electron chi connectivity index (χ2n) is 3.93. The van der Waals surface area contributed by atoms with Crippen LogP contribution in [-0.2, 0) is 0 Å². The lowest BCUT2D eigenvalue weighted by atomic mass is 9.99. The fourth-order valence-corrected chi connectivity index (χ4v) is 2.15. The van der Waals surface area contributed by atoms with Gasteiger partial charge in [0.1, 0.15) is 0 Å². The monoisotopic (exact) mass is 324 g/mol. The van der Waals surface area contributed by atoms with E-state index in [9.17, 15) is 8.78 Å². The molecule has 2 aromatic carbocycles. The molecule has 98 valence electrons. The van der Waals surface area contributed by atoms with Gasteiger partial charge >= 0.3 is 0 Å². The largest absolute Gasteiger partial charge is 0.494 e. The molecule has 0 bridgehead atoms. The van der Waals surface area contributed by atoms with Crippen LogP contribution in [0.1, 0.15) is 11.1 Å². The zero-order chi connectivity index (χ0) is 14.0. The van der Waals surface area contributed by atoms with E-state index in [0.29, 0.717) is 5.57 Å². The highest BCUT2D eigenvalue weighted by molar-refractivity contribution is 9.10. The molecule has 4 heteroatoms. The van der Waals surface area contributed by atoms with Crippen LogP contribution in [0.2, 0.25) is 0 Å². The summed E-state index contributed by atoms with van der Waals surface area (Å²) in [6.45, 7) is 3.83. The van der Waals surface area contributed by atoms with Gasteiger partial charge in [-0.15, -0.1) is 0 Å². The normalized spacial score (nSPS) is 10.3. The third-order valence-electron chi connectivity index (χ3n) is 2.76. The van der Waals surface area contributed by atoms with Crippen LogP contribution in [0.15, 0.2) is 47.4 Å². The first-order valence-corrected chi connectivity index (χ1v) is 6.31. The van der Waals surface area contributed by atoms with Gasteiger partial charge in [-0.1, -0.05) is 34.6 Å². The maximum absolute atomic E-state index is 14.0.